The van der Waals surface area contributed by atoms with Crippen LogP contribution in [-0.2, 0) is 13.0 Å². The second kappa shape index (κ2) is 8.11. The Morgan fingerprint density at radius 1 is 1.48 bits per heavy atom. The molecule has 0 radical (unpaired) electrons. The van der Waals surface area contributed by atoms with Gasteiger partial charge in [-0.1, -0.05) is 18.1 Å². The zero-order valence-electron chi connectivity index (χ0n) is 14.4. The Kier molecular flexibility index (Phi) is 5.65. The minimum Gasteiger partial charge on any atom is -0.396 e. The molecule has 1 aromatic carbocycles. The lowest BCUT2D eigenvalue weighted by Gasteiger charge is -2.32. The third kappa shape index (κ3) is 4.36. The first-order chi connectivity index (χ1) is 12.2. The van der Waals surface area contributed by atoms with E-state index < -0.39 is 0 Å². The van der Waals surface area contributed by atoms with Crippen LogP contribution in [0.1, 0.15) is 41.8 Å². The second-order valence-electron chi connectivity index (χ2n) is 6.33. The van der Waals surface area contributed by atoms with Gasteiger partial charge in [-0.25, -0.2) is 0 Å². The molecule has 1 aliphatic rings. The third-order valence-corrected chi connectivity index (χ3v) is 4.44. The lowest BCUT2D eigenvalue weighted by molar-refractivity contribution is 0.0621. The minimum atomic E-state index is 0.00728. The predicted octanol–water partition coefficient (Wildman–Crippen LogP) is 2.09. The van der Waals surface area contributed by atoms with Crippen LogP contribution in [0.3, 0.4) is 0 Å². The summed E-state index contributed by atoms with van der Waals surface area (Å²) in [6.07, 6.45) is 2.65. The zero-order chi connectivity index (χ0) is 17.6. The molecule has 2 N–H and O–H groups in total. The summed E-state index contributed by atoms with van der Waals surface area (Å²) < 4.78 is 5.15. The fourth-order valence-electron chi connectivity index (χ4n) is 3.03. The summed E-state index contributed by atoms with van der Waals surface area (Å²) in [5.74, 6) is 1.40. The van der Waals surface area contributed by atoms with Gasteiger partial charge in [0.25, 0.3) is 5.91 Å². The summed E-state index contributed by atoms with van der Waals surface area (Å²) in [5, 5.41) is 16.4. The number of amides is 1. The summed E-state index contributed by atoms with van der Waals surface area (Å²) >= 11 is 0. The molecule has 2 heterocycles. The van der Waals surface area contributed by atoms with E-state index in [0.29, 0.717) is 30.4 Å². The molecule has 1 aliphatic heterocycles. The van der Waals surface area contributed by atoms with Crippen LogP contribution in [-0.4, -0.2) is 45.8 Å². The summed E-state index contributed by atoms with van der Waals surface area (Å²) in [5.41, 5.74) is 1.47. The molecule has 1 saturated heterocycles. The molecule has 0 bridgehead atoms. The maximum absolute atomic E-state index is 12.7. The van der Waals surface area contributed by atoms with Crippen LogP contribution < -0.4 is 5.32 Å². The number of carbonyl (C=O) groups excluding carboxylic acids is 1. The van der Waals surface area contributed by atoms with E-state index in [9.17, 15) is 9.90 Å². The molecule has 0 spiro atoms. The normalized spacial score (nSPS) is 17.5. The van der Waals surface area contributed by atoms with Crippen molar-refractivity contribution in [2.24, 2.45) is 5.92 Å². The Labute approximate surface area is 147 Å². The van der Waals surface area contributed by atoms with Crippen molar-refractivity contribution in [3.05, 3.63) is 41.5 Å². The number of likely N-dealkylation sites (tertiary alicyclic amines) is 1. The van der Waals surface area contributed by atoms with Crippen LogP contribution in [0.25, 0.3) is 0 Å². The van der Waals surface area contributed by atoms with E-state index in [1.54, 1.807) is 0 Å². The van der Waals surface area contributed by atoms with Crippen LogP contribution in [0.2, 0.25) is 0 Å². The number of aromatic nitrogens is 2. The number of piperidine rings is 1. The highest BCUT2D eigenvalue weighted by Crippen LogP contribution is 2.20. The van der Waals surface area contributed by atoms with Crippen LogP contribution in [0.15, 0.2) is 28.8 Å². The molecule has 1 aromatic heterocycles. The van der Waals surface area contributed by atoms with Gasteiger partial charge in [-0.2, -0.15) is 4.98 Å². The first-order valence-electron chi connectivity index (χ1n) is 8.75. The monoisotopic (exact) mass is 344 g/mol. The fraction of sp³-hybridized carbons (Fsp3) is 0.500. The van der Waals surface area contributed by atoms with Crippen LogP contribution in [0, 0.1) is 5.92 Å². The molecular formula is C18H24N4O3. The first kappa shape index (κ1) is 17.4. The predicted molar refractivity (Wildman–Crippen MR) is 93.2 cm³/mol. The standard InChI is InChI=1S/C18H24N4O3/c1-2-16-20-17(25-21-16)10-19-15-7-3-6-14(9-15)18(24)22-8-4-5-13(11-22)12-23/h3,6-7,9,13,19,23H,2,4-5,8,10-12H2,1H3. The molecule has 1 amide bonds. The van der Waals surface area contributed by atoms with E-state index in [2.05, 4.69) is 15.5 Å². The number of anilines is 1. The highest BCUT2D eigenvalue weighted by molar-refractivity contribution is 5.95. The Hall–Kier alpha value is -2.41. The van der Waals surface area contributed by atoms with Crippen molar-refractivity contribution in [3.8, 4) is 0 Å². The van der Waals surface area contributed by atoms with Crippen molar-refractivity contribution in [2.75, 3.05) is 25.0 Å². The van der Waals surface area contributed by atoms with Gasteiger partial charge in [0.2, 0.25) is 5.89 Å². The number of nitrogens with one attached hydrogen (secondary N) is 1. The second-order valence-corrected chi connectivity index (χ2v) is 6.33. The first-order valence-corrected chi connectivity index (χ1v) is 8.75. The number of aliphatic hydroxyl groups is 1. The smallest absolute Gasteiger partial charge is 0.253 e. The molecule has 1 atom stereocenters. The number of hydrogen-bond donors (Lipinski definition) is 2. The van der Waals surface area contributed by atoms with Crippen molar-refractivity contribution in [1.29, 1.82) is 0 Å². The molecule has 134 valence electrons. The Bertz CT molecular complexity index is 716. The van der Waals surface area contributed by atoms with Crippen LogP contribution >= 0.6 is 0 Å². The van der Waals surface area contributed by atoms with E-state index in [-0.39, 0.29) is 18.4 Å². The molecule has 25 heavy (non-hydrogen) atoms. The Balaban J connectivity index is 1.63. The third-order valence-electron chi connectivity index (χ3n) is 4.44. The van der Waals surface area contributed by atoms with E-state index in [4.69, 9.17) is 4.52 Å². The van der Waals surface area contributed by atoms with Gasteiger partial charge >= 0.3 is 0 Å². The molecule has 3 rings (SSSR count). The van der Waals surface area contributed by atoms with Crippen LogP contribution in [0.4, 0.5) is 5.69 Å². The molecule has 2 aromatic rings. The molecular weight excluding hydrogens is 320 g/mol. The lowest BCUT2D eigenvalue weighted by Crippen LogP contribution is -2.40. The van der Waals surface area contributed by atoms with Crippen molar-refractivity contribution in [2.45, 2.75) is 32.7 Å². The maximum Gasteiger partial charge on any atom is 0.253 e. The lowest BCUT2D eigenvalue weighted by atomic mass is 9.98. The SMILES string of the molecule is CCc1noc(CNc2cccc(C(=O)N3CCCC(CO)C3)c2)n1. The van der Waals surface area contributed by atoms with Gasteiger partial charge in [-0.3, -0.25) is 4.79 Å². The van der Waals surface area contributed by atoms with Gasteiger partial charge < -0.3 is 19.8 Å². The highest BCUT2D eigenvalue weighted by Gasteiger charge is 2.24. The van der Waals surface area contributed by atoms with Gasteiger partial charge in [-0.15, -0.1) is 0 Å². The summed E-state index contributed by atoms with van der Waals surface area (Å²) in [7, 11) is 0. The number of hydrogen-bond acceptors (Lipinski definition) is 6. The molecule has 0 aliphatic carbocycles. The topological polar surface area (TPSA) is 91.5 Å². The van der Waals surface area contributed by atoms with Gasteiger partial charge in [0.15, 0.2) is 5.82 Å². The van der Waals surface area contributed by atoms with Crippen molar-refractivity contribution in [1.82, 2.24) is 15.0 Å². The number of aliphatic hydroxyl groups excluding tert-OH is 1. The van der Waals surface area contributed by atoms with Gasteiger partial charge in [0.1, 0.15) is 0 Å². The average Bonchev–Trinajstić information content (AvgIpc) is 3.14. The number of aryl methyl sites for hydroxylation is 1. The molecule has 7 heteroatoms. The maximum atomic E-state index is 12.7. The highest BCUT2D eigenvalue weighted by atomic mass is 16.5. The Morgan fingerprint density at radius 2 is 2.36 bits per heavy atom. The number of rotatable bonds is 6. The van der Waals surface area contributed by atoms with Gasteiger partial charge in [-0.05, 0) is 37.0 Å². The van der Waals surface area contributed by atoms with Crippen molar-refractivity contribution < 1.29 is 14.4 Å². The average molecular weight is 344 g/mol. The number of nitrogens with zero attached hydrogens (tertiary/aromatic N) is 3. The molecule has 7 nitrogen and oxygen atoms in total. The molecule has 1 fully saturated rings. The molecule has 1 unspecified atom stereocenters. The summed E-state index contributed by atoms with van der Waals surface area (Å²) in [4.78, 5) is 18.8. The van der Waals surface area contributed by atoms with Crippen molar-refractivity contribution >= 4 is 11.6 Å². The minimum absolute atomic E-state index is 0.00728. The number of carbonyl (C=O) groups is 1. The fourth-order valence-corrected chi connectivity index (χ4v) is 3.03. The summed E-state index contributed by atoms with van der Waals surface area (Å²) in [6.45, 7) is 3.89. The van der Waals surface area contributed by atoms with Gasteiger partial charge in [0, 0.05) is 37.4 Å². The van der Waals surface area contributed by atoms with Gasteiger partial charge in [0.05, 0.1) is 6.54 Å². The van der Waals surface area contributed by atoms with E-state index >= 15 is 0 Å². The Morgan fingerprint density at radius 3 is 3.12 bits per heavy atom. The van der Waals surface area contributed by atoms with Crippen LogP contribution in [0.5, 0.6) is 0 Å². The zero-order valence-corrected chi connectivity index (χ0v) is 14.4. The van der Waals surface area contributed by atoms with E-state index in [0.717, 1.165) is 31.5 Å². The van der Waals surface area contributed by atoms with Crippen molar-refractivity contribution in [3.63, 3.8) is 0 Å². The van der Waals surface area contributed by atoms with E-state index in [1.807, 2.05) is 36.1 Å². The quantitative estimate of drug-likeness (QED) is 0.834. The molecule has 0 saturated carbocycles. The largest absolute Gasteiger partial charge is 0.396 e. The summed E-state index contributed by atoms with van der Waals surface area (Å²) in [6, 6.07) is 7.41. The number of benzene rings is 1. The van der Waals surface area contributed by atoms with E-state index in [1.165, 1.54) is 0 Å².